The number of hydrazine groups is 1. The number of amides is 2. The lowest BCUT2D eigenvalue weighted by Crippen LogP contribution is -2.39. The average molecular weight is 434 g/mol. The second kappa shape index (κ2) is 9.00. The van der Waals surface area contributed by atoms with Crippen molar-refractivity contribution in [2.75, 3.05) is 31.6 Å². The number of piperidine rings is 1. The summed E-state index contributed by atoms with van der Waals surface area (Å²) in [5, 5.41) is 0. The third-order valence-electron chi connectivity index (χ3n) is 7.35. The number of rotatable bonds is 4. The summed E-state index contributed by atoms with van der Waals surface area (Å²) in [7, 11) is 1.86. The van der Waals surface area contributed by atoms with Crippen LogP contribution in [0, 0.1) is 11.8 Å². The first-order chi connectivity index (χ1) is 15.6. The van der Waals surface area contributed by atoms with Crippen LogP contribution in [0.5, 0.6) is 0 Å². The minimum atomic E-state index is 0.0936. The number of anilines is 1. The van der Waals surface area contributed by atoms with Crippen molar-refractivity contribution in [2.24, 2.45) is 11.8 Å². The Bertz CT molecular complexity index is 987. The normalized spacial score (nSPS) is 24.0. The number of fused-ring (bicyclic) bond motifs is 1. The topological polar surface area (TPSA) is 77.6 Å². The van der Waals surface area contributed by atoms with Crippen LogP contribution in [-0.4, -0.2) is 48.4 Å². The Morgan fingerprint density at radius 1 is 1.19 bits per heavy atom. The molecular formula is C25H31N5O2. The molecule has 2 amide bonds. The van der Waals surface area contributed by atoms with E-state index in [-0.39, 0.29) is 17.9 Å². The van der Waals surface area contributed by atoms with Gasteiger partial charge in [-0.25, -0.2) is 5.43 Å². The Labute approximate surface area is 189 Å². The number of pyridine rings is 1. The number of likely N-dealkylation sites (tertiary alicyclic amines) is 1. The first-order valence-corrected chi connectivity index (χ1v) is 11.7. The van der Waals surface area contributed by atoms with Crippen molar-refractivity contribution >= 4 is 17.5 Å². The van der Waals surface area contributed by atoms with E-state index < -0.39 is 0 Å². The molecule has 32 heavy (non-hydrogen) atoms. The van der Waals surface area contributed by atoms with Crippen LogP contribution in [0.15, 0.2) is 42.7 Å². The predicted molar refractivity (Wildman–Crippen MR) is 123 cm³/mol. The SMILES string of the molecule is CN1C(=O)CCc2cc(C3NNCC3CC3CCN(C(=O)c4cccnc4)CC3)ccc21. The van der Waals surface area contributed by atoms with E-state index in [1.54, 1.807) is 17.3 Å². The number of carbonyl (C=O) groups is 2. The first-order valence-electron chi connectivity index (χ1n) is 11.7. The molecule has 2 saturated heterocycles. The van der Waals surface area contributed by atoms with E-state index in [1.165, 1.54) is 11.1 Å². The smallest absolute Gasteiger partial charge is 0.255 e. The highest BCUT2D eigenvalue weighted by molar-refractivity contribution is 5.96. The minimum absolute atomic E-state index is 0.0936. The molecule has 4 heterocycles. The van der Waals surface area contributed by atoms with Crippen LogP contribution in [0.2, 0.25) is 0 Å². The van der Waals surface area contributed by atoms with Crippen molar-refractivity contribution in [3.63, 3.8) is 0 Å². The molecule has 0 saturated carbocycles. The van der Waals surface area contributed by atoms with Gasteiger partial charge in [0.2, 0.25) is 5.91 Å². The standard InChI is InChI=1S/C25H31N5O2/c1-29-22-6-4-19(14-18(22)5-7-23(29)31)24-21(16-27-28-24)13-17-8-11-30(12-9-17)25(32)20-3-2-10-26-15-20/h2-4,6,10,14-15,17,21,24,27-28H,5,7-9,11-13,16H2,1H3. The summed E-state index contributed by atoms with van der Waals surface area (Å²) >= 11 is 0. The summed E-state index contributed by atoms with van der Waals surface area (Å²) in [4.78, 5) is 32.5. The van der Waals surface area contributed by atoms with Crippen LogP contribution in [0.25, 0.3) is 0 Å². The van der Waals surface area contributed by atoms with Crippen LogP contribution in [0.1, 0.15) is 53.2 Å². The van der Waals surface area contributed by atoms with E-state index in [2.05, 4.69) is 34.0 Å². The highest BCUT2D eigenvalue weighted by atomic mass is 16.2. The minimum Gasteiger partial charge on any atom is -0.339 e. The number of hydrogen-bond acceptors (Lipinski definition) is 5. The maximum Gasteiger partial charge on any atom is 0.255 e. The van der Waals surface area contributed by atoms with Gasteiger partial charge in [0.15, 0.2) is 0 Å². The van der Waals surface area contributed by atoms with Gasteiger partial charge in [0.05, 0.1) is 11.6 Å². The molecule has 5 rings (SSSR count). The number of aryl methyl sites for hydroxylation is 1. The summed E-state index contributed by atoms with van der Waals surface area (Å²) in [5.41, 5.74) is 11.1. The summed E-state index contributed by atoms with van der Waals surface area (Å²) in [6.07, 6.45) is 8.00. The third-order valence-corrected chi connectivity index (χ3v) is 7.35. The highest BCUT2D eigenvalue weighted by Gasteiger charge is 2.33. The Balaban J connectivity index is 1.20. The number of benzene rings is 1. The zero-order valence-electron chi connectivity index (χ0n) is 18.6. The second-order valence-corrected chi connectivity index (χ2v) is 9.32. The summed E-state index contributed by atoms with van der Waals surface area (Å²) in [5.74, 6) is 1.43. The number of aromatic nitrogens is 1. The van der Waals surface area contributed by atoms with E-state index in [0.29, 0.717) is 23.8 Å². The Kier molecular flexibility index (Phi) is 5.93. The van der Waals surface area contributed by atoms with Crippen LogP contribution >= 0.6 is 0 Å². The summed E-state index contributed by atoms with van der Waals surface area (Å²) in [6, 6.07) is 10.5. The van der Waals surface area contributed by atoms with Gasteiger partial charge in [0.25, 0.3) is 5.91 Å². The van der Waals surface area contributed by atoms with Gasteiger partial charge in [0.1, 0.15) is 0 Å². The van der Waals surface area contributed by atoms with Crippen LogP contribution < -0.4 is 15.8 Å². The molecule has 0 radical (unpaired) electrons. The van der Waals surface area contributed by atoms with Crippen molar-refractivity contribution in [2.45, 2.75) is 38.1 Å². The lowest BCUT2D eigenvalue weighted by atomic mass is 9.82. The summed E-state index contributed by atoms with van der Waals surface area (Å²) in [6.45, 7) is 2.58. The number of carbonyl (C=O) groups excluding carboxylic acids is 2. The molecule has 0 bridgehead atoms. The molecule has 1 aromatic carbocycles. The van der Waals surface area contributed by atoms with Gasteiger partial charge in [-0.2, -0.15) is 0 Å². The lowest BCUT2D eigenvalue weighted by Gasteiger charge is -2.34. The van der Waals surface area contributed by atoms with Crippen molar-refractivity contribution in [1.29, 1.82) is 0 Å². The van der Waals surface area contributed by atoms with Gasteiger partial charge >= 0.3 is 0 Å². The molecule has 2 fully saturated rings. The van der Waals surface area contributed by atoms with E-state index in [0.717, 1.165) is 51.0 Å². The fraction of sp³-hybridized carbons (Fsp3) is 0.480. The maximum absolute atomic E-state index is 12.7. The van der Waals surface area contributed by atoms with Gasteiger partial charge in [0, 0.05) is 51.2 Å². The van der Waals surface area contributed by atoms with Crippen LogP contribution in [0.4, 0.5) is 5.69 Å². The van der Waals surface area contributed by atoms with E-state index in [4.69, 9.17) is 0 Å². The van der Waals surface area contributed by atoms with Crippen LogP contribution in [-0.2, 0) is 11.2 Å². The molecule has 7 nitrogen and oxygen atoms in total. The van der Waals surface area contributed by atoms with E-state index >= 15 is 0 Å². The van der Waals surface area contributed by atoms with Crippen molar-refractivity contribution in [1.82, 2.24) is 20.7 Å². The maximum atomic E-state index is 12.7. The van der Waals surface area contributed by atoms with Gasteiger partial charge in [-0.3, -0.25) is 20.0 Å². The molecule has 2 unspecified atom stereocenters. The zero-order valence-corrected chi connectivity index (χ0v) is 18.6. The second-order valence-electron chi connectivity index (χ2n) is 9.32. The Morgan fingerprint density at radius 3 is 2.81 bits per heavy atom. The Hall–Kier alpha value is -2.77. The molecule has 168 valence electrons. The average Bonchev–Trinajstić information content (AvgIpc) is 3.30. The van der Waals surface area contributed by atoms with Gasteiger partial charge < -0.3 is 9.80 Å². The molecule has 1 aromatic heterocycles. The van der Waals surface area contributed by atoms with Crippen molar-refractivity contribution < 1.29 is 9.59 Å². The number of hydrogen-bond donors (Lipinski definition) is 2. The van der Waals surface area contributed by atoms with E-state index in [1.807, 2.05) is 24.1 Å². The fourth-order valence-corrected chi connectivity index (χ4v) is 5.45. The van der Waals surface area contributed by atoms with Gasteiger partial charge in [-0.05, 0) is 66.8 Å². The largest absolute Gasteiger partial charge is 0.339 e. The van der Waals surface area contributed by atoms with Gasteiger partial charge in [-0.1, -0.05) is 12.1 Å². The zero-order chi connectivity index (χ0) is 22.1. The molecule has 0 spiro atoms. The monoisotopic (exact) mass is 433 g/mol. The van der Waals surface area contributed by atoms with Crippen LogP contribution in [0.3, 0.4) is 0 Å². The number of nitrogens with one attached hydrogen (secondary N) is 2. The lowest BCUT2D eigenvalue weighted by molar-refractivity contribution is -0.118. The fourth-order valence-electron chi connectivity index (χ4n) is 5.45. The highest BCUT2D eigenvalue weighted by Crippen LogP contribution is 2.36. The van der Waals surface area contributed by atoms with E-state index in [9.17, 15) is 9.59 Å². The number of nitrogens with zero attached hydrogens (tertiary/aromatic N) is 3. The molecule has 2 N–H and O–H groups in total. The molecule has 7 heteroatoms. The molecule has 2 aromatic rings. The predicted octanol–water partition coefficient (Wildman–Crippen LogP) is 2.70. The van der Waals surface area contributed by atoms with Gasteiger partial charge in [-0.15, -0.1) is 0 Å². The Morgan fingerprint density at radius 2 is 2.03 bits per heavy atom. The first kappa shape index (κ1) is 21.1. The van der Waals surface area contributed by atoms with Crippen molar-refractivity contribution in [3.8, 4) is 0 Å². The van der Waals surface area contributed by atoms with Crippen molar-refractivity contribution in [3.05, 3.63) is 59.4 Å². The molecule has 3 aliphatic heterocycles. The summed E-state index contributed by atoms with van der Waals surface area (Å²) < 4.78 is 0. The quantitative estimate of drug-likeness (QED) is 0.775. The molecule has 2 atom stereocenters. The molecule has 3 aliphatic rings. The molecule has 0 aliphatic carbocycles. The molecular weight excluding hydrogens is 402 g/mol. The third kappa shape index (κ3) is 4.14.